The number of carbonyl (C=O) groups is 2. The molecule has 2 aromatic carbocycles. The van der Waals surface area contributed by atoms with Gasteiger partial charge in [0.05, 0.1) is 5.02 Å². The van der Waals surface area contributed by atoms with E-state index in [4.69, 9.17) is 21.1 Å². The molecule has 1 heterocycles. The second-order valence-corrected chi connectivity index (χ2v) is 6.31. The zero-order valence-electron chi connectivity index (χ0n) is 15.3. The number of nitrogens with zero attached hydrogens (tertiary/aromatic N) is 1. The van der Waals surface area contributed by atoms with Crippen LogP contribution >= 0.6 is 11.6 Å². The summed E-state index contributed by atoms with van der Waals surface area (Å²) in [5, 5.41) is 6.19. The van der Waals surface area contributed by atoms with E-state index in [0.717, 1.165) is 11.4 Å². The topological polar surface area (TPSA) is 89.6 Å². The number of nitrogens with one attached hydrogen (secondary N) is 2. The lowest BCUT2D eigenvalue weighted by Crippen LogP contribution is -2.24. The monoisotopic (exact) mass is 411 g/mol. The Kier molecular flexibility index (Phi) is 7.02. The Hall–Kier alpha value is -3.58. The third-order valence-corrected chi connectivity index (χ3v) is 3.86. The lowest BCUT2D eigenvalue weighted by atomic mass is 10.2. The number of anilines is 3. The number of rotatable bonds is 8. The van der Waals surface area contributed by atoms with Crippen LogP contribution in [0.25, 0.3) is 0 Å². The first-order chi connectivity index (χ1) is 14.1. The van der Waals surface area contributed by atoms with Crippen molar-refractivity contribution < 1.29 is 19.1 Å². The van der Waals surface area contributed by atoms with Crippen molar-refractivity contribution in [2.45, 2.75) is 0 Å². The lowest BCUT2D eigenvalue weighted by Gasteiger charge is -2.09. The van der Waals surface area contributed by atoms with Crippen molar-refractivity contribution in [2.24, 2.45) is 0 Å². The zero-order valence-corrected chi connectivity index (χ0v) is 16.1. The SMILES string of the molecule is O=C(COC(=O)COc1ccc(Nc2ccccc2)cc1)Nc1ccc(Cl)cn1. The van der Waals surface area contributed by atoms with Gasteiger partial charge in [0.15, 0.2) is 13.2 Å². The second kappa shape index (κ2) is 10.1. The molecule has 0 bridgehead atoms. The highest BCUT2D eigenvalue weighted by atomic mass is 35.5. The van der Waals surface area contributed by atoms with E-state index in [2.05, 4.69) is 15.6 Å². The molecule has 0 aliphatic carbocycles. The van der Waals surface area contributed by atoms with Crippen molar-refractivity contribution in [3.63, 3.8) is 0 Å². The van der Waals surface area contributed by atoms with Crippen molar-refractivity contribution in [2.75, 3.05) is 23.8 Å². The van der Waals surface area contributed by atoms with E-state index >= 15 is 0 Å². The summed E-state index contributed by atoms with van der Waals surface area (Å²) in [5.41, 5.74) is 1.86. The molecule has 0 saturated heterocycles. The molecule has 0 fully saturated rings. The molecule has 0 unspecified atom stereocenters. The highest BCUT2D eigenvalue weighted by Crippen LogP contribution is 2.19. The lowest BCUT2D eigenvalue weighted by molar-refractivity contribution is -0.149. The van der Waals surface area contributed by atoms with Gasteiger partial charge in [0.2, 0.25) is 0 Å². The fourth-order valence-corrected chi connectivity index (χ4v) is 2.39. The molecule has 0 spiro atoms. The number of para-hydroxylation sites is 1. The standard InChI is InChI=1S/C21H18ClN3O4/c22-15-6-11-19(23-12-15)25-20(26)13-29-21(27)14-28-18-9-7-17(8-10-18)24-16-4-2-1-3-5-16/h1-12,24H,13-14H2,(H,23,25,26). The Morgan fingerprint density at radius 2 is 1.62 bits per heavy atom. The number of pyridine rings is 1. The van der Waals surface area contributed by atoms with Crippen LogP contribution in [0.3, 0.4) is 0 Å². The summed E-state index contributed by atoms with van der Waals surface area (Å²) < 4.78 is 10.3. The summed E-state index contributed by atoms with van der Waals surface area (Å²) in [6, 6.07) is 20.0. The molecule has 7 nitrogen and oxygen atoms in total. The maximum atomic E-state index is 11.8. The molecule has 148 valence electrons. The molecule has 0 aliphatic heterocycles. The first kappa shape index (κ1) is 20.2. The Morgan fingerprint density at radius 3 is 2.31 bits per heavy atom. The summed E-state index contributed by atoms with van der Waals surface area (Å²) in [6.45, 7) is -0.746. The molecule has 3 rings (SSSR count). The minimum absolute atomic E-state index is 0.308. The van der Waals surface area contributed by atoms with Crippen LogP contribution in [0.1, 0.15) is 0 Å². The molecule has 1 aromatic heterocycles. The molecular formula is C21H18ClN3O4. The fourth-order valence-electron chi connectivity index (χ4n) is 2.28. The quantitative estimate of drug-likeness (QED) is 0.544. The Labute approximate surface area is 172 Å². The highest BCUT2D eigenvalue weighted by molar-refractivity contribution is 6.30. The first-order valence-electron chi connectivity index (χ1n) is 8.70. The minimum Gasteiger partial charge on any atom is -0.482 e. The van der Waals surface area contributed by atoms with E-state index in [-0.39, 0.29) is 6.61 Å². The minimum atomic E-state index is -0.657. The normalized spacial score (nSPS) is 10.1. The second-order valence-electron chi connectivity index (χ2n) is 5.87. The van der Waals surface area contributed by atoms with E-state index in [9.17, 15) is 9.59 Å². The fraction of sp³-hybridized carbons (Fsp3) is 0.0952. The van der Waals surface area contributed by atoms with Gasteiger partial charge in [-0.3, -0.25) is 4.79 Å². The number of halogens is 1. The first-order valence-corrected chi connectivity index (χ1v) is 9.08. The number of benzene rings is 2. The summed E-state index contributed by atoms with van der Waals surface area (Å²) in [5.74, 6) is -0.341. The molecule has 0 radical (unpaired) electrons. The van der Waals surface area contributed by atoms with Gasteiger partial charge in [-0.05, 0) is 48.5 Å². The number of aromatic nitrogens is 1. The summed E-state index contributed by atoms with van der Waals surface area (Å²) in [6.07, 6.45) is 1.40. The average molecular weight is 412 g/mol. The third-order valence-electron chi connectivity index (χ3n) is 3.63. The highest BCUT2D eigenvalue weighted by Gasteiger charge is 2.09. The van der Waals surface area contributed by atoms with Crippen LogP contribution in [0.15, 0.2) is 72.9 Å². The third kappa shape index (κ3) is 6.82. The number of esters is 1. The molecule has 3 aromatic rings. The van der Waals surface area contributed by atoms with Crippen LogP contribution in [0.2, 0.25) is 5.02 Å². The molecule has 29 heavy (non-hydrogen) atoms. The van der Waals surface area contributed by atoms with Gasteiger partial charge in [0.25, 0.3) is 5.91 Å². The van der Waals surface area contributed by atoms with E-state index in [1.54, 1.807) is 24.3 Å². The number of hydrogen-bond acceptors (Lipinski definition) is 6. The van der Waals surface area contributed by atoms with Gasteiger partial charge in [0.1, 0.15) is 11.6 Å². The molecule has 0 atom stereocenters. The van der Waals surface area contributed by atoms with Crippen molar-refractivity contribution >= 4 is 40.7 Å². The number of ether oxygens (including phenoxy) is 2. The number of amides is 1. The summed E-state index contributed by atoms with van der Waals surface area (Å²) in [7, 11) is 0. The summed E-state index contributed by atoms with van der Waals surface area (Å²) in [4.78, 5) is 27.4. The van der Waals surface area contributed by atoms with Crippen LogP contribution < -0.4 is 15.4 Å². The van der Waals surface area contributed by atoms with Gasteiger partial charge in [0, 0.05) is 17.6 Å². The van der Waals surface area contributed by atoms with Crippen molar-refractivity contribution in [1.82, 2.24) is 4.98 Å². The van der Waals surface area contributed by atoms with Crippen LogP contribution in [0, 0.1) is 0 Å². The van der Waals surface area contributed by atoms with E-state index in [0.29, 0.717) is 16.6 Å². The largest absolute Gasteiger partial charge is 0.482 e. The van der Waals surface area contributed by atoms with E-state index in [1.165, 1.54) is 6.20 Å². The van der Waals surface area contributed by atoms with Crippen molar-refractivity contribution in [3.05, 3.63) is 77.9 Å². The maximum absolute atomic E-state index is 11.8. The van der Waals surface area contributed by atoms with Crippen LogP contribution in [0.4, 0.5) is 17.2 Å². The number of carbonyl (C=O) groups excluding carboxylic acids is 2. The molecule has 0 aliphatic rings. The van der Waals surface area contributed by atoms with Crippen LogP contribution in [0.5, 0.6) is 5.75 Å². The number of hydrogen-bond donors (Lipinski definition) is 2. The Bertz CT molecular complexity index is 948. The molecule has 2 N–H and O–H groups in total. The predicted octanol–water partition coefficient (Wildman–Crippen LogP) is 4.04. The molecule has 1 amide bonds. The average Bonchev–Trinajstić information content (AvgIpc) is 2.74. The van der Waals surface area contributed by atoms with Crippen LogP contribution in [-0.2, 0) is 14.3 Å². The van der Waals surface area contributed by atoms with Gasteiger partial charge in [-0.1, -0.05) is 29.8 Å². The van der Waals surface area contributed by atoms with Crippen LogP contribution in [-0.4, -0.2) is 30.1 Å². The van der Waals surface area contributed by atoms with Gasteiger partial charge >= 0.3 is 5.97 Å². The van der Waals surface area contributed by atoms with Gasteiger partial charge < -0.3 is 20.1 Å². The predicted molar refractivity (Wildman–Crippen MR) is 110 cm³/mol. The Balaban J connectivity index is 1.38. The van der Waals surface area contributed by atoms with Crippen molar-refractivity contribution in [3.8, 4) is 5.75 Å². The maximum Gasteiger partial charge on any atom is 0.344 e. The van der Waals surface area contributed by atoms with Gasteiger partial charge in [-0.2, -0.15) is 0 Å². The molecule has 0 saturated carbocycles. The summed E-state index contributed by atoms with van der Waals surface area (Å²) >= 11 is 5.72. The zero-order chi connectivity index (χ0) is 20.5. The molecule has 8 heteroatoms. The molecular weight excluding hydrogens is 394 g/mol. The van der Waals surface area contributed by atoms with Crippen molar-refractivity contribution in [1.29, 1.82) is 0 Å². The Morgan fingerprint density at radius 1 is 0.897 bits per heavy atom. The van der Waals surface area contributed by atoms with E-state index < -0.39 is 18.5 Å². The van der Waals surface area contributed by atoms with Gasteiger partial charge in [-0.25, -0.2) is 9.78 Å². The smallest absolute Gasteiger partial charge is 0.344 e. The van der Waals surface area contributed by atoms with Gasteiger partial charge in [-0.15, -0.1) is 0 Å². The van der Waals surface area contributed by atoms with E-state index in [1.807, 2.05) is 42.5 Å².